The van der Waals surface area contributed by atoms with Gasteiger partial charge in [-0.3, -0.25) is 4.79 Å². The first-order valence-electron chi connectivity index (χ1n) is 11.3. The molecule has 2 aromatic heterocycles. The number of aryl methyl sites for hydroxylation is 1. The van der Waals surface area contributed by atoms with Crippen LogP contribution in [0.5, 0.6) is 11.5 Å². The number of Topliss-reactive ketones (excluding diaryl/α,β-unsaturated/α-hetero) is 1. The summed E-state index contributed by atoms with van der Waals surface area (Å²) in [5.74, 6) is 0.924. The molecule has 0 aliphatic carbocycles. The van der Waals surface area contributed by atoms with Gasteiger partial charge in [-0.25, -0.2) is 14.4 Å². The lowest BCUT2D eigenvalue weighted by molar-refractivity contribution is 0.0900. The van der Waals surface area contributed by atoms with Crippen molar-refractivity contribution in [2.75, 3.05) is 32.2 Å². The lowest BCUT2D eigenvalue weighted by atomic mass is 10.0. The number of methoxy groups -OCH3 is 1. The van der Waals surface area contributed by atoms with Gasteiger partial charge in [0.2, 0.25) is 0 Å². The van der Waals surface area contributed by atoms with E-state index in [0.717, 1.165) is 16.6 Å². The van der Waals surface area contributed by atoms with Gasteiger partial charge in [0, 0.05) is 35.8 Å². The molecule has 9 heteroatoms. The Kier molecular flexibility index (Phi) is 7.26. The number of aliphatic hydroxyl groups is 1. The van der Waals surface area contributed by atoms with Gasteiger partial charge in [0.25, 0.3) is 0 Å². The van der Waals surface area contributed by atoms with Gasteiger partial charge in [-0.15, -0.1) is 0 Å². The van der Waals surface area contributed by atoms with E-state index in [1.54, 1.807) is 37.4 Å². The summed E-state index contributed by atoms with van der Waals surface area (Å²) in [6.07, 6.45) is 1.45. The highest BCUT2D eigenvalue weighted by Gasteiger charge is 2.15. The number of aliphatic hydroxyl groups excluding tert-OH is 1. The van der Waals surface area contributed by atoms with Crippen LogP contribution in [0.15, 0.2) is 48.8 Å². The van der Waals surface area contributed by atoms with Crippen molar-refractivity contribution in [3.63, 3.8) is 0 Å². The van der Waals surface area contributed by atoms with Crippen LogP contribution in [0.2, 0.25) is 0 Å². The normalized spacial score (nSPS) is 11.0. The van der Waals surface area contributed by atoms with E-state index in [-0.39, 0.29) is 5.82 Å². The zero-order chi connectivity index (χ0) is 24.9. The van der Waals surface area contributed by atoms with E-state index in [1.165, 1.54) is 12.4 Å². The quantitative estimate of drug-likeness (QED) is 0.329. The number of hydrogen-bond acceptors (Lipinski definition) is 7. The van der Waals surface area contributed by atoms with E-state index in [9.17, 15) is 14.3 Å². The molecule has 4 aromatic rings. The van der Waals surface area contributed by atoms with E-state index >= 15 is 0 Å². The van der Waals surface area contributed by atoms with Crippen molar-refractivity contribution in [3.8, 4) is 22.8 Å². The number of rotatable bonds is 10. The molecular weight excluding hydrogens is 451 g/mol. The maximum atomic E-state index is 14.6. The Hall–Kier alpha value is -3.98. The minimum absolute atomic E-state index is 0.300. The summed E-state index contributed by atoms with van der Waals surface area (Å²) in [6, 6.07) is 11.9. The Morgan fingerprint density at radius 1 is 1.14 bits per heavy atom. The van der Waals surface area contributed by atoms with Crippen molar-refractivity contribution in [3.05, 3.63) is 65.9 Å². The van der Waals surface area contributed by atoms with Gasteiger partial charge in [0.15, 0.2) is 5.78 Å². The standard InChI is InChI=1S/C26H27FN4O4/c1-4-35-24-12-17(5-6-18(24)22(33)14-32)21-13-25(30-15-29-21)28-9-10-31-16(2)11-19-23(34-3)8-7-20(27)26(19)31/h5-8,11-13,15,32H,4,9-10,14H2,1-3H3,(H,28,29,30). The maximum absolute atomic E-state index is 14.6. The number of carbonyl (C=O) groups is 1. The lowest BCUT2D eigenvalue weighted by Gasteiger charge is -2.13. The number of benzene rings is 2. The minimum atomic E-state index is -0.589. The van der Waals surface area contributed by atoms with Gasteiger partial charge in [0.1, 0.15) is 36.1 Å². The van der Waals surface area contributed by atoms with E-state index in [0.29, 0.717) is 53.8 Å². The molecule has 35 heavy (non-hydrogen) atoms. The Bertz CT molecular complexity index is 1370. The molecule has 4 rings (SSSR count). The molecule has 0 fully saturated rings. The second-order valence-electron chi connectivity index (χ2n) is 7.89. The first-order valence-corrected chi connectivity index (χ1v) is 11.3. The average molecular weight is 479 g/mol. The Labute approximate surface area is 202 Å². The lowest BCUT2D eigenvalue weighted by Crippen LogP contribution is -2.13. The van der Waals surface area contributed by atoms with Gasteiger partial charge in [-0.05, 0) is 44.2 Å². The molecule has 0 aliphatic heterocycles. The number of hydrogen-bond donors (Lipinski definition) is 2. The highest BCUT2D eigenvalue weighted by atomic mass is 19.1. The first-order chi connectivity index (χ1) is 17.0. The van der Waals surface area contributed by atoms with Gasteiger partial charge < -0.3 is 24.5 Å². The highest BCUT2D eigenvalue weighted by Crippen LogP contribution is 2.31. The fraction of sp³-hybridized carbons (Fsp3) is 0.269. The van der Waals surface area contributed by atoms with Crippen molar-refractivity contribution in [1.82, 2.24) is 14.5 Å². The number of aromatic nitrogens is 3. The Morgan fingerprint density at radius 3 is 2.71 bits per heavy atom. The molecule has 0 spiro atoms. The third-order valence-corrected chi connectivity index (χ3v) is 5.73. The van der Waals surface area contributed by atoms with Crippen LogP contribution in [-0.2, 0) is 6.54 Å². The molecule has 182 valence electrons. The van der Waals surface area contributed by atoms with Crippen molar-refractivity contribution in [2.24, 2.45) is 0 Å². The van der Waals surface area contributed by atoms with Crippen molar-refractivity contribution >= 4 is 22.5 Å². The number of ketones is 1. The zero-order valence-electron chi connectivity index (χ0n) is 19.8. The van der Waals surface area contributed by atoms with Gasteiger partial charge >= 0.3 is 0 Å². The molecular formula is C26H27FN4O4. The third-order valence-electron chi connectivity index (χ3n) is 5.73. The van der Waals surface area contributed by atoms with Crippen LogP contribution in [0.4, 0.5) is 10.2 Å². The average Bonchev–Trinajstić information content (AvgIpc) is 3.21. The van der Waals surface area contributed by atoms with Crippen LogP contribution in [0, 0.1) is 12.7 Å². The number of nitrogens with zero attached hydrogens (tertiary/aromatic N) is 3. The molecule has 0 atom stereocenters. The van der Waals surface area contributed by atoms with E-state index < -0.39 is 12.4 Å². The highest BCUT2D eigenvalue weighted by molar-refractivity contribution is 6.00. The maximum Gasteiger partial charge on any atom is 0.191 e. The third kappa shape index (κ3) is 4.95. The fourth-order valence-corrected chi connectivity index (χ4v) is 4.09. The molecule has 2 N–H and O–H groups in total. The number of halogens is 1. The van der Waals surface area contributed by atoms with Crippen molar-refractivity contribution < 1.29 is 23.8 Å². The SMILES string of the molecule is CCOc1cc(-c2cc(NCCn3c(C)cc4c(OC)ccc(F)c43)ncn2)ccc1C(=O)CO. The summed E-state index contributed by atoms with van der Waals surface area (Å²) in [6.45, 7) is 4.57. The van der Waals surface area contributed by atoms with Crippen molar-refractivity contribution in [2.45, 2.75) is 20.4 Å². The minimum Gasteiger partial charge on any atom is -0.496 e. The second-order valence-corrected chi connectivity index (χ2v) is 7.89. The van der Waals surface area contributed by atoms with Crippen LogP contribution in [0.1, 0.15) is 23.0 Å². The van der Waals surface area contributed by atoms with Crippen LogP contribution in [0.25, 0.3) is 22.2 Å². The summed E-state index contributed by atoms with van der Waals surface area (Å²) in [5.41, 5.74) is 3.14. The number of fused-ring (bicyclic) bond motifs is 1. The number of carbonyl (C=O) groups excluding carboxylic acids is 1. The monoisotopic (exact) mass is 478 g/mol. The molecule has 0 saturated heterocycles. The van der Waals surface area contributed by atoms with Crippen molar-refractivity contribution in [1.29, 1.82) is 0 Å². The molecule has 0 saturated carbocycles. The van der Waals surface area contributed by atoms with E-state index in [1.807, 2.05) is 24.5 Å². The molecule has 8 nitrogen and oxygen atoms in total. The largest absolute Gasteiger partial charge is 0.496 e. The summed E-state index contributed by atoms with van der Waals surface area (Å²) in [5, 5.41) is 13.2. The smallest absolute Gasteiger partial charge is 0.191 e. The fourth-order valence-electron chi connectivity index (χ4n) is 4.09. The summed E-state index contributed by atoms with van der Waals surface area (Å²) < 4.78 is 27.5. The van der Waals surface area contributed by atoms with Gasteiger partial charge in [-0.1, -0.05) is 6.07 Å². The second kappa shape index (κ2) is 10.5. The number of anilines is 1. The van der Waals surface area contributed by atoms with Crippen LogP contribution in [-0.4, -0.2) is 52.3 Å². The summed E-state index contributed by atoms with van der Waals surface area (Å²) in [4.78, 5) is 20.6. The van der Waals surface area contributed by atoms with Crippen LogP contribution < -0.4 is 14.8 Å². The van der Waals surface area contributed by atoms with Gasteiger partial charge in [0.05, 0.1) is 30.5 Å². The molecule has 2 heterocycles. The van der Waals surface area contributed by atoms with Gasteiger partial charge in [-0.2, -0.15) is 0 Å². The topological polar surface area (TPSA) is 98.5 Å². The summed E-state index contributed by atoms with van der Waals surface area (Å²) in [7, 11) is 1.57. The number of nitrogens with one attached hydrogen (secondary N) is 1. The zero-order valence-corrected chi connectivity index (χ0v) is 19.8. The molecule has 0 aliphatic rings. The first kappa shape index (κ1) is 24.2. The molecule has 0 amide bonds. The van der Waals surface area contributed by atoms with Crippen LogP contribution in [0.3, 0.4) is 0 Å². The Morgan fingerprint density at radius 2 is 1.97 bits per heavy atom. The molecule has 0 unspecified atom stereocenters. The molecule has 2 aromatic carbocycles. The molecule has 0 radical (unpaired) electrons. The predicted molar refractivity (Wildman–Crippen MR) is 132 cm³/mol. The predicted octanol–water partition coefficient (Wildman–Crippen LogP) is 4.24. The van der Waals surface area contributed by atoms with E-state index in [4.69, 9.17) is 9.47 Å². The Balaban J connectivity index is 1.53. The van der Waals surface area contributed by atoms with E-state index in [2.05, 4.69) is 15.3 Å². The summed E-state index contributed by atoms with van der Waals surface area (Å²) >= 11 is 0. The van der Waals surface area contributed by atoms with Crippen LogP contribution >= 0.6 is 0 Å². The molecule has 0 bridgehead atoms. The number of ether oxygens (including phenoxy) is 2.